The van der Waals surface area contributed by atoms with Crippen LogP contribution in [0, 0.1) is 24.3 Å². The number of hydrogen-bond donors (Lipinski definition) is 1. The molecule has 0 saturated heterocycles. The molecule has 0 bridgehead atoms. The van der Waals surface area contributed by atoms with E-state index in [0.29, 0.717) is 0 Å². The van der Waals surface area contributed by atoms with Crippen molar-refractivity contribution in [2.75, 3.05) is 33.1 Å². The summed E-state index contributed by atoms with van der Waals surface area (Å²) in [6, 6.07) is 17.2. The first kappa shape index (κ1) is 32.1. The van der Waals surface area contributed by atoms with Crippen molar-refractivity contribution in [1.29, 1.82) is 0 Å². The number of allylic oxidation sites excluding steroid dienone is 10. The zero-order chi connectivity index (χ0) is 24.5. The molecule has 0 heterocycles. The molecular formula is C30H27N2O2Y2-3. The first-order valence-corrected chi connectivity index (χ1v) is 10.8. The molecule has 1 N–H and O–H groups in total. The fourth-order valence-corrected chi connectivity index (χ4v) is 2.96. The second kappa shape index (κ2) is 16.0. The molecule has 2 aromatic carbocycles. The number of carbonyl (C=O) groups excluding carboxylic acids is 1. The van der Waals surface area contributed by atoms with Crippen LogP contribution in [0.5, 0.6) is 5.75 Å². The Morgan fingerprint density at radius 3 is 1.81 bits per heavy atom. The third kappa shape index (κ3) is 10.6. The van der Waals surface area contributed by atoms with Crippen LogP contribution in [0.2, 0.25) is 0 Å². The Morgan fingerprint density at radius 1 is 0.806 bits per heavy atom. The van der Waals surface area contributed by atoms with Crippen LogP contribution in [0.1, 0.15) is 11.1 Å². The summed E-state index contributed by atoms with van der Waals surface area (Å²) in [4.78, 5) is 13.0. The second-order valence-corrected chi connectivity index (χ2v) is 8.06. The largest absolute Gasteiger partial charge is 0.551 e. The molecule has 0 spiro atoms. The van der Waals surface area contributed by atoms with E-state index in [1.54, 1.807) is 18.2 Å². The number of phenolic OH excluding ortho intramolecular Hbond substituents is 1. The second-order valence-electron chi connectivity index (χ2n) is 8.06. The molecule has 2 aliphatic rings. The van der Waals surface area contributed by atoms with E-state index in [2.05, 4.69) is 24.3 Å². The maximum atomic E-state index is 10.9. The fourth-order valence-electron chi connectivity index (χ4n) is 2.96. The summed E-state index contributed by atoms with van der Waals surface area (Å²) in [6.45, 7) is 0. The number of ketones is 1. The number of nitrogens with zero attached hydrogens (tertiary/aromatic N) is 2. The van der Waals surface area contributed by atoms with Gasteiger partial charge in [-0.05, 0) is 19.8 Å². The van der Waals surface area contributed by atoms with Crippen LogP contribution in [-0.2, 0) is 70.2 Å². The zero-order valence-electron chi connectivity index (χ0n) is 21.0. The Labute approximate surface area is 265 Å². The minimum Gasteiger partial charge on any atom is -0.551 e. The molecule has 0 saturated carbocycles. The molecule has 2 radical (unpaired) electrons. The van der Waals surface area contributed by atoms with Crippen molar-refractivity contribution in [3.63, 3.8) is 0 Å². The standard InChI is InChI=1S/2C15H13NO.2Y/c2*1-16(2)14-7-3-12(4-8-14)11-13-5-9-15(17)10-6-13;;/h2*3,5,7-11H,1-2H3;;/q2*-2;;/p+1. The van der Waals surface area contributed by atoms with Gasteiger partial charge in [0.05, 0.1) is 5.78 Å². The molecule has 0 aromatic heterocycles. The van der Waals surface area contributed by atoms with E-state index in [0.717, 1.165) is 33.7 Å². The third-order valence-corrected chi connectivity index (χ3v) is 4.92. The molecule has 0 aliphatic heterocycles. The van der Waals surface area contributed by atoms with Crippen LogP contribution in [0.3, 0.4) is 0 Å². The van der Waals surface area contributed by atoms with E-state index in [9.17, 15) is 4.79 Å². The Kier molecular flexibility index (Phi) is 14.2. The van der Waals surface area contributed by atoms with Gasteiger partial charge in [-0.2, -0.15) is 22.3 Å². The van der Waals surface area contributed by atoms with Gasteiger partial charge >= 0.3 is 0 Å². The van der Waals surface area contributed by atoms with Crippen molar-refractivity contribution in [2.24, 2.45) is 0 Å². The number of rotatable bonds is 3. The maximum Gasteiger partial charge on any atom is 0.124 e. The monoisotopic (exact) mass is 625 g/mol. The van der Waals surface area contributed by atoms with Crippen molar-refractivity contribution in [1.82, 2.24) is 0 Å². The summed E-state index contributed by atoms with van der Waals surface area (Å²) in [7, 11) is 7.99. The van der Waals surface area contributed by atoms with Gasteiger partial charge in [-0.1, -0.05) is 18.2 Å². The molecule has 4 rings (SSSR count). The van der Waals surface area contributed by atoms with E-state index in [1.807, 2.05) is 92.3 Å². The van der Waals surface area contributed by atoms with Crippen molar-refractivity contribution in [3.05, 3.63) is 119 Å². The van der Waals surface area contributed by atoms with E-state index < -0.39 is 0 Å². The summed E-state index contributed by atoms with van der Waals surface area (Å²) in [5.41, 5.74) is 6.02. The quantitative estimate of drug-likeness (QED) is 0.400. The van der Waals surface area contributed by atoms with Gasteiger partial charge < -0.3 is 14.8 Å². The minimum atomic E-state index is -0.0194. The molecule has 36 heavy (non-hydrogen) atoms. The number of aromatic hydroxyl groups is 1. The Balaban J connectivity index is 0.000000341. The van der Waals surface area contributed by atoms with Gasteiger partial charge in [0.2, 0.25) is 0 Å². The number of anilines is 1. The summed E-state index contributed by atoms with van der Waals surface area (Å²) >= 11 is 0. The normalized spacial score (nSPS) is 15.7. The van der Waals surface area contributed by atoms with Crippen LogP contribution in [0.15, 0.2) is 84.0 Å². The van der Waals surface area contributed by atoms with Gasteiger partial charge in [0.15, 0.2) is 0 Å². The predicted molar refractivity (Wildman–Crippen MR) is 139 cm³/mol. The fraction of sp³-hybridized carbons (Fsp3) is 0.133. The number of carbonyl (C=O) groups is 1. The molecule has 0 unspecified atom stereocenters. The van der Waals surface area contributed by atoms with Gasteiger partial charge in [-0.3, -0.25) is 4.58 Å². The summed E-state index contributed by atoms with van der Waals surface area (Å²) < 4.78 is 2.03. The van der Waals surface area contributed by atoms with Gasteiger partial charge in [-0.25, -0.2) is 0 Å². The van der Waals surface area contributed by atoms with Crippen LogP contribution < -0.4 is 4.90 Å². The van der Waals surface area contributed by atoms with Crippen molar-refractivity contribution >= 4 is 29.3 Å². The topological polar surface area (TPSA) is 43.5 Å². The Hall–Kier alpha value is -1.97. The number of benzene rings is 2. The average Bonchev–Trinajstić information content (AvgIpc) is 2.83. The van der Waals surface area contributed by atoms with Crippen molar-refractivity contribution in [2.45, 2.75) is 0 Å². The summed E-state index contributed by atoms with van der Waals surface area (Å²) in [5.74, 6) is 0.211. The molecule has 4 nitrogen and oxygen atoms in total. The van der Waals surface area contributed by atoms with Crippen molar-refractivity contribution < 1.29 is 79.9 Å². The molecular weight excluding hydrogens is 598 g/mol. The zero-order valence-corrected chi connectivity index (χ0v) is 26.7. The minimum absolute atomic E-state index is 0. The molecule has 0 atom stereocenters. The van der Waals surface area contributed by atoms with Crippen LogP contribution in [-0.4, -0.2) is 49.4 Å². The van der Waals surface area contributed by atoms with Gasteiger partial charge in [0.1, 0.15) is 19.8 Å². The van der Waals surface area contributed by atoms with Gasteiger partial charge in [0.25, 0.3) is 0 Å². The molecule has 0 amide bonds. The molecule has 6 heteroatoms. The molecule has 178 valence electrons. The number of phenols is 1. The Morgan fingerprint density at radius 2 is 1.39 bits per heavy atom. The SMILES string of the molecule is CN(C)c1c[c-]c(C=C2[C-]=CC(=O)C=C2)cc1.C[N+](C)=C1C=[C-]C(=Cc2[c-]cc(O)cc2)C=C1.[Y].[Y]. The first-order valence-electron chi connectivity index (χ1n) is 10.8. The average molecular weight is 625 g/mol. The van der Waals surface area contributed by atoms with Crippen LogP contribution in [0.4, 0.5) is 5.69 Å². The van der Waals surface area contributed by atoms with Crippen LogP contribution in [0.25, 0.3) is 12.2 Å². The third-order valence-electron chi connectivity index (χ3n) is 4.92. The van der Waals surface area contributed by atoms with E-state index in [1.165, 1.54) is 12.2 Å². The van der Waals surface area contributed by atoms with Gasteiger partial charge in [0, 0.05) is 71.2 Å². The predicted octanol–water partition coefficient (Wildman–Crippen LogP) is 4.65. The van der Waals surface area contributed by atoms with Crippen molar-refractivity contribution in [3.8, 4) is 5.75 Å². The molecule has 0 fully saturated rings. The van der Waals surface area contributed by atoms with E-state index in [-0.39, 0.29) is 77.0 Å². The summed E-state index contributed by atoms with van der Waals surface area (Å²) in [5, 5.41) is 9.16. The first-order chi connectivity index (χ1) is 16.3. The molecule has 2 aromatic rings. The van der Waals surface area contributed by atoms with E-state index >= 15 is 0 Å². The van der Waals surface area contributed by atoms with Gasteiger partial charge in [-0.15, -0.1) is 91.1 Å². The van der Waals surface area contributed by atoms with Crippen LogP contribution >= 0.6 is 0 Å². The maximum absolute atomic E-state index is 10.9. The smallest absolute Gasteiger partial charge is 0.124 e. The number of hydrogen-bond acceptors (Lipinski definition) is 3. The van der Waals surface area contributed by atoms with E-state index in [4.69, 9.17) is 5.11 Å². The Bertz CT molecular complexity index is 1200. The molecule has 2 aliphatic carbocycles. The summed E-state index contributed by atoms with van der Waals surface area (Å²) in [6.07, 6.45) is 20.8.